The highest BCUT2D eigenvalue weighted by atomic mass is 16.5. The summed E-state index contributed by atoms with van der Waals surface area (Å²) in [5, 5.41) is 3.20. The van der Waals surface area contributed by atoms with Crippen LogP contribution in [0.5, 0.6) is 5.75 Å². The first-order valence-electron chi connectivity index (χ1n) is 10.4. The number of carbonyl (C=O) groups is 2. The van der Waals surface area contributed by atoms with Crippen molar-refractivity contribution >= 4 is 11.8 Å². The molecule has 6 nitrogen and oxygen atoms in total. The molecular formula is C22H33N3O3. The van der Waals surface area contributed by atoms with Crippen molar-refractivity contribution in [3.8, 4) is 5.75 Å². The summed E-state index contributed by atoms with van der Waals surface area (Å²) in [6, 6.07) is 7.53. The third-order valence-electron chi connectivity index (χ3n) is 6.24. The SMILES string of the molecule is CCN1C(=O)CC[C@@H](C(=O)NCC2CCN(C)CC2)[C@@H]1c1ccc(OC)cc1. The van der Waals surface area contributed by atoms with Crippen LogP contribution in [-0.4, -0.2) is 62.0 Å². The standard InChI is InChI=1S/C22H33N3O3/c1-4-25-20(26)10-9-19(21(25)17-5-7-18(28-3)8-6-17)22(27)23-15-16-11-13-24(2)14-12-16/h5-8,16,19,21H,4,9-15H2,1-3H3,(H,23,27)/t19-,21+/m1/s1. The Morgan fingerprint density at radius 2 is 1.86 bits per heavy atom. The van der Waals surface area contributed by atoms with Gasteiger partial charge in [-0.2, -0.15) is 0 Å². The molecule has 2 saturated heterocycles. The zero-order valence-corrected chi connectivity index (χ0v) is 17.3. The number of ether oxygens (including phenoxy) is 1. The van der Waals surface area contributed by atoms with Crippen LogP contribution in [0.1, 0.15) is 44.2 Å². The van der Waals surface area contributed by atoms with Crippen molar-refractivity contribution in [3.63, 3.8) is 0 Å². The minimum atomic E-state index is -0.213. The largest absolute Gasteiger partial charge is 0.497 e. The second-order valence-corrected chi connectivity index (χ2v) is 8.03. The predicted molar refractivity (Wildman–Crippen MR) is 109 cm³/mol. The van der Waals surface area contributed by atoms with Gasteiger partial charge in [0.15, 0.2) is 0 Å². The molecule has 0 spiro atoms. The molecule has 2 aliphatic heterocycles. The maximum atomic E-state index is 13.1. The summed E-state index contributed by atoms with van der Waals surface area (Å²) in [6.45, 7) is 5.51. The Kier molecular flexibility index (Phi) is 6.94. The van der Waals surface area contributed by atoms with Gasteiger partial charge in [0.25, 0.3) is 0 Å². The first-order chi connectivity index (χ1) is 13.5. The molecule has 1 N–H and O–H groups in total. The summed E-state index contributed by atoms with van der Waals surface area (Å²) in [7, 11) is 3.78. The lowest BCUT2D eigenvalue weighted by molar-refractivity contribution is -0.143. The van der Waals surface area contributed by atoms with Crippen LogP contribution in [0.2, 0.25) is 0 Å². The molecule has 2 heterocycles. The minimum Gasteiger partial charge on any atom is -0.497 e. The number of hydrogen-bond acceptors (Lipinski definition) is 4. The molecular weight excluding hydrogens is 354 g/mol. The van der Waals surface area contributed by atoms with Gasteiger partial charge in [0.1, 0.15) is 5.75 Å². The third-order valence-corrected chi connectivity index (χ3v) is 6.24. The number of benzene rings is 1. The third kappa shape index (κ3) is 4.66. The van der Waals surface area contributed by atoms with Crippen molar-refractivity contribution in [1.82, 2.24) is 15.1 Å². The number of nitrogens with zero attached hydrogens (tertiary/aromatic N) is 2. The van der Waals surface area contributed by atoms with Crippen LogP contribution in [-0.2, 0) is 9.59 Å². The van der Waals surface area contributed by atoms with Gasteiger partial charge in [-0.25, -0.2) is 0 Å². The lowest BCUT2D eigenvalue weighted by Gasteiger charge is -2.40. The van der Waals surface area contributed by atoms with E-state index in [1.807, 2.05) is 36.1 Å². The van der Waals surface area contributed by atoms with Crippen LogP contribution in [0.15, 0.2) is 24.3 Å². The second-order valence-electron chi connectivity index (χ2n) is 8.03. The summed E-state index contributed by atoms with van der Waals surface area (Å²) in [6.07, 6.45) is 3.30. The highest BCUT2D eigenvalue weighted by Crippen LogP contribution is 2.37. The molecule has 28 heavy (non-hydrogen) atoms. The number of hydrogen-bond donors (Lipinski definition) is 1. The summed E-state index contributed by atoms with van der Waals surface area (Å²) in [4.78, 5) is 29.8. The first-order valence-corrected chi connectivity index (χ1v) is 10.4. The second kappa shape index (κ2) is 9.41. The highest BCUT2D eigenvalue weighted by molar-refractivity contribution is 5.85. The molecule has 0 saturated carbocycles. The summed E-state index contributed by atoms with van der Waals surface area (Å²) < 4.78 is 5.26. The van der Waals surface area contributed by atoms with Crippen molar-refractivity contribution < 1.29 is 14.3 Å². The van der Waals surface area contributed by atoms with Gasteiger partial charge >= 0.3 is 0 Å². The maximum absolute atomic E-state index is 13.1. The fraction of sp³-hybridized carbons (Fsp3) is 0.636. The number of amides is 2. The highest BCUT2D eigenvalue weighted by Gasteiger charge is 2.40. The van der Waals surface area contributed by atoms with Crippen LogP contribution < -0.4 is 10.1 Å². The summed E-state index contributed by atoms with van der Waals surface area (Å²) in [5.41, 5.74) is 0.996. The molecule has 3 rings (SSSR count). The average molecular weight is 388 g/mol. The molecule has 2 fully saturated rings. The number of rotatable bonds is 6. The number of methoxy groups -OCH3 is 1. The fourth-order valence-electron chi connectivity index (χ4n) is 4.46. The maximum Gasteiger partial charge on any atom is 0.225 e. The van der Waals surface area contributed by atoms with E-state index in [0.29, 0.717) is 25.3 Å². The summed E-state index contributed by atoms with van der Waals surface area (Å²) >= 11 is 0. The van der Waals surface area contributed by atoms with Gasteiger partial charge in [0.2, 0.25) is 11.8 Å². The van der Waals surface area contributed by atoms with Crippen molar-refractivity contribution in [1.29, 1.82) is 0 Å². The zero-order chi connectivity index (χ0) is 20.1. The Labute approximate surface area is 168 Å². The number of carbonyl (C=O) groups excluding carboxylic acids is 2. The van der Waals surface area contributed by atoms with Gasteiger partial charge in [-0.15, -0.1) is 0 Å². The fourth-order valence-corrected chi connectivity index (χ4v) is 4.46. The first kappa shape index (κ1) is 20.6. The summed E-state index contributed by atoms with van der Waals surface area (Å²) in [5.74, 6) is 1.31. The molecule has 0 radical (unpaired) electrons. The van der Waals surface area contributed by atoms with E-state index in [1.165, 1.54) is 0 Å². The van der Waals surface area contributed by atoms with Crippen LogP contribution in [0.3, 0.4) is 0 Å². The molecule has 154 valence electrons. The van der Waals surface area contributed by atoms with Crippen LogP contribution in [0, 0.1) is 11.8 Å². The van der Waals surface area contributed by atoms with E-state index in [0.717, 1.165) is 43.8 Å². The Hall–Kier alpha value is -2.08. The quantitative estimate of drug-likeness (QED) is 0.815. The van der Waals surface area contributed by atoms with E-state index < -0.39 is 0 Å². The molecule has 2 atom stereocenters. The lowest BCUT2D eigenvalue weighted by atomic mass is 9.83. The number of likely N-dealkylation sites (tertiary alicyclic amines) is 2. The molecule has 0 aliphatic carbocycles. The van der Waals surface area contributed by atoms with Crippen molar-refractivity contribution in [2.45, 2.75) is 38.6 Å². The van der Waals surface area contributed by atoms with Gasteiger partial charge in [0, 0.05) is 19.5 Å². The van der Waals surface area contributed by atoms with Crippen LogP contribution in [0.25, 0.3) is 0 Å². The van der Waals surface area contributed by atoms with Gasteiger partial charge in [-0.1, -0.05) is 12.1 Å². The molecule has 0 bridgehead atoms. The lowest BCUT2D eigenvalue weighted by Crippen LogP contribution is -2.48. The minimum absolute atomic E-state index is 0.0747. The van der Waals surface area contributed by atoms with Gasteiger partial charge in [-0.3, -0.25) is 9.59 Å². The van der Waals surface area contributed by atoms with Crippen molar-refractivity contribution in [2.75, 3.05) is 40.3 Å². The van der Waals surface area contributed by atoms with Gasteiger partial charge in [0.05, 0.1) is 19.1 Å². The average Bonchev–Trinajstić information content (AvgIpc) is 2.73. The normalized spacial score (nSPS) is 24.2. The Bertz CT molecular complexity index is 668. The van der Waals surface area contributed by atoms with E-state index in [1.54, 1.807) is 7.11 Å². The van der Waals surface area contributed by atoms with E-state index in [4.69, 9.17) is 4.74 Å². The Balaban J connectivity index is 1.72. The molecule has 6 heteroatoms. The van der Waals surface area contributed by atoms with Crippen molar-refractivity contribution in [3.05, 3.63) is 29.8 Å². The topological polar surface area (TPSA) is 61.9 Å². The Morgan fingerprint density at radius 1 is 1.18 bits per heavy atom. The van der Waals surface area contributed by atoms with Gasteiger partial charge in [-0.05, 0) is 69.9 Å². The number of piperidine rings is 2. The molecule has 2 aliphatic rings. The zero-order valence-electron chi connectivity index (χ0n) is 17.3. The van der Waals surface area contributed by atoms with E-state index >= 15 is 0 Å². The van der Waals surface area contributed by atoms with Crippen LogP contribution >= 0.6 is 0 Å². The van der Waals surface area contributed by atoms with E-state index in [-0.39, 0.29) is 23.8 Å². The van der Waals surface area contributed by atoms with Gasteiger partial charge < -0.3 is 19.9 Å². The molecule has 0 unspecified atom stereocenters. The van der Waals surface area contributed by atoms with E-state index in [2.05, 4.69) is 17.3 Å². The predicted octanol–water partition coefficient (Wildman–Crippen LogP) is 2.45. The molecule has 1 aromatic carbocycles. The van der Waals surface area contributed by atoms with Crippen molar-refractivity contribution in [2.24, 2.45) is 11.8 Å². The smallest absolute Gasteiger partial charge is 0.225 e. The molecule has 1 aromatic rings. The monoisotopic (exact) mass is 387 g/mol. The molecule has 2 amide bonds. The molecule has 0 aromatic heterocycles. The Morgan fingerprint density at radius 3 is 2.46 bits per heavy atom. The number of nitrogens with one attached hydrogen (secondary N) is 1. The van der Waals surface area contributed by atoms with Crippen LogP contribution in [0.4, 0.5) is 0 Å². The van der Waals surface area contributed by atoms with E-state index in [9.17, 15) is 9.59 Å².